The zero-order chi connectivity index (χ0) is 17.4. The molecule has 126 valence electrons. The van der Waals surface area contributed by atoms with Crippen LogP contribution in [0.1, 0.15) is 30.5 Å². The lowest BCUT2D eigenvalue weighted by Crippen LogP contribution is -2.33. The Hall–Kier alpha value is -2.82. The van der Waals surface area contributed by atoms with Gasteiger partial charge >= 0.3 is 0 Å². The maximum atomic E-state index is 12.0. The lowest BCUT2D eigenvalue weighted by Gasteiger charge is -2.14. The quantitative estimate of drug-likeness (QED) is 0.769. The highest BCUT2D eigenvalue weighted by Gasteiger charge is 2.13. The second-order valence-electron chi connectivity index (χ2n) is 5.47. The van der Waals surface area contributed by atoms with Gasteiger partial charge in [0.1, 0.15) is 12.2 Å². The molecule has 0 aliphatic rings. The summed E-state index contributed by atoms with van der Waals surface area (Å²) in [6, 6.07) is 16.9. The van der Waals surface area contributed by atoms with Gasteiger partial charge in [0.05, 0.1) is 13.2 Å². The van der Waals surface area contributed by atoms with Crippen LogP contribution in [0.5, 0.6) is 5.75 Å². The van der Waals surface area contributed by atoms with Crippen molar-refractivity contribution < 1.29 is 14.3 Å². The van der Waals surface area contributed by atoms with E-state index in [1.54, 1.807) is 7.11 Å². The summed E-state index contributed by atoms with van der Waals surface area (Å²) in [5.41, 5.74) is 1.87. The molecule has 0 fully saturated rings. The van der Waals surface area contributed by atoms with Crippen LogP contribution < -0.4 is 15.4 Å². The minimum absolute atomic E-state index is 0.138. The molecule has 0 saturated heterocycles. The zero-order valence-corrected chi connectivity index (χ0v) is 13.9. The number of para-hydroxylation sites is 1. The Morgan fingerprint density at radius 3 is 2.38 bits per heavy atom. The van der Waals surface area contributed by atoms with E-state index in [2.05, 4.69) is 10.6 Å². The van der Waals surface area contributed by atoms with E-state index in [0.717, 1.165) is 11.1 Å². The molecule has 0 radical (unpaired) electrons. The molecule has 2 amide bonds. The van der Waals surface area contributed by atoms with Crippen LogP contribution >= 0.6 is 0 Å². The average Bonchev–Trinajstić information content (AvgIpc) is 2.60. The standard InChI is InChI=1S/C19H22N2O3/c1-14(15-8-4-3-5-9-15)21-19(23)12-18(22)20-13-16-10-6-7-11-17(16)24-2/h3-11,14H,12-13H2,1-2H3,(H,20,22)(H,21,23). The number of rotatable bonds is 7. The van der Waals surface area contributed by atoms with E-state index in [-0.39, 0.29) is 24.3 Å². The maximum absolute atomic E-state index is 12.0. The Morgan fingerprint density at radius 1 is 1.00 bits per heavy atom. The third-order valence-corrected chi connectivity index (χ3v) is 3.67. The summed E-state index contributed by atoms with van der Waals surface area (Å²) >= 11 is 0. The summed E-state index contributed by atoms with van der Waals surface area (Å²) in [5.74, 6) is 0.0856. The van der Waals surface area contributed by atoms with Crippen LogP contribution in [0.2, 0.25) is 0 Å². The zero-order valence-electron chi connectivity index (χ0n) is 13.9. The number of benzene rings is 2. The smallest absolute Gasteiger partial charge is 0.229 e. The summed E-state index contributed by atoms with van der Waals surface area (Å²) in [6.45, 7) is 2.21. The fourth-order valence-corrected chi connectivity index (χ4v) is 2.37. The number of hydrogen-bond acceptors (Lipinski definition) is 3. The molecule has 5 heteroatoms. The SMILES string of the molecule is COc1ccccc1CNC(=O)CC(=O)NC(C)c1ccccc1. The normalized spacial score (nSPS) is 11.4. The molecule has 0 aromatic heterocycles. The van der Waals surface area contributed by atoms with Crippen LogP contribution in [0.4, 0.5) is 0 Å². The van der Waals surface area contributed by atoms with E-state index >= 15 is 0 Å². The summed E-state index contributed by atoms with van der Waals surface area (Å²) in [4.78, 5) is 23.9. The number of methoxy groups -OCH3 is 1. The van der Waals surface area contributed by atoms with Crippen molar-refractivity contribution in [3.63, 3.8) is 0 Å². The molecule has 1 atom stereocenters. The van der Waals surface area contributed by atoms with E-state index in [4.69, 9.17) is 4.74 Å². The van der Waals surface area contributed by atoms with Gasteiger partial charge < -0.3 is 15.4 Å². The molecule has 0 bridgehead atoms. The lowest BCUT2D eigenvalue weighted by molar-refractivity contribution is -0.129. The van der Waals surface area contributed by atoms with Crippen molar-refractivity contribution in [3.05, 3.63) is 65.7 Å². The molecular weight excluding hydrogens is 304 g/mol. The van der Waals surface area contributed by atoms with Crippen LogP contribution in [-0.2, 0) is 16.1 Å². The predicted molar refractivity (Wildman–Crippen MR) is 92.5 cm³/mol. The van der Waals surface area contributed by atoms with Crippen molar-refractivity contribution in [1.29, 1.82) is 0 Å². The predicted octanol–water partition coefficient (Wildman–Crippen LogP) is 2.58. The van der Waals surface area contributed by atoms with Crippen LogP contribution in [-0.4, -0.2) is 18.9 Å². The van der Waals surface area contributed by atoms with Crippen LogP contribution in [0.25, 0.3) is 0 Å². The van der Waals surface area contributed by atoms with Crippen LogP contribution in [0, 0.1) is 0 Å². The van der Waals surface area contributed by atoms with Gasteiger partial charge in [0.15, 0.2) is 0 Å². The highest BCUT2D eigenvalue weighted by molar-refractivity contribution is 5.97. The topological polar surface area (TPSA) is 67.4 Å². The fourth-order valence-electron chi connectivity index (χ4n) is 2.37. The Morgan fingerprint density at radius 2 is 1.67 bits per heavy atom. The molecule has 2 aromatic carbocycles. The van der Waals surface area contributed by atoms with Crippen molar-refractivity contribution in [2.24, 2.45) is 0 Å². The highest BCUT2D eigenvalue weighted by atomic mass is 16.5. The fraction of sp³-hybridized carbons (Fsp3) is 0.263. The molecule has 0 spiro atoms. The lowest BCUT2D eigenvalue weighted by atomic mass is 10.1. The largest absolute Gasteiger partial charge is 0.496 e. The van der Waals surface area contributed by atoms with Gasteiger partial charge in [0.25, 0.3) is 0 Å². The summed E-state index contributed by atoms with van der Waals surface area (Å²) in [5, 5.41) is 5.56. The minimum atomic E-state index is -0.321. The van der Waals surface area contributed by atoms with Gasteiger partial charge in [-0.25, -0.2) is 0 Å². The highest BCUT2D eigenvalue weighted by Crippen LogP contribution is 2.16. The number of carbonyl (C=O) groups excluding carboxylic acids is 2. The number of ether oxygens (including phenoxy) is 1. The van der Waals surface area contributed by atoms with Crippen molar-refractivity contribution >= 4 is 11.8 Å². The Balaban J connectivity index is 1.80. The molecule has 0 aliphatic carbocycles. The Kier molecular flexibility index (Phi) is 6.37. The summed E-state index contributed by atoms with van der Waals surface area (Å²) in [6.07, 6.45) is -0.202. The van der Waals surface area contributed by atoms with Gasteiger partial charge in [-0.1, -0.05) is 48.5 Å². The van der Waals surface area contributed by atoms with Crippen LogP contribution in [0.3, 0.4) is 0 Å². The molecule has 1 unspecified atom stereocenters. The molecule has 0 aliphatic heterocycles. The van der Waals surface area contributed by atoms with Gasteiger partial charge in [0.2, 0.25) is 11.8 Å². The van der Waals surface area contributed by atoms with Gasteiger partial charge in [-0.05, 0) is 18.6 Å². The number of nitrogens with one attached hydrogen (secondary N) is 2. The van der Waals surface area contributed by atoms with E-state index in [1.807, 2.05) is 61.5 Å². The maximum Gasteiger partial charge on any atom is 0.229 e. The molecule has 5 nitrogen and oxygen atoms in total. The Bertz CT molecular complexity index is 686. The molecule has 24 heavy (non-hydrogen) atoms. The molecule has 2 rings (SSSR count). The molecule has 2 aromatic rings. The summed E-state index contributed by atoms with van der Waals surface area (Å²) in [7, 11) is 1.58. The van der Waals surface area contributed by atoms with Crippen molar-refractivity contribution in [1.82, 2.24) is 10.6 Å². The number of amides is 2. The second-order valence-corrected chi connectivity index (χ2v) is 5.47. The van der Waals surface area contributed by atoms with Gasteiger partial charge in [-0.15, -0.1) is 0 Å². The first-order valence-corrected chi connectivity index (χ1v) is 7.83. The molecule has 0 heterocycles. The number of hydrogen-bond donors (Lipinski definition) is 2. The van der Waals surface area contributed by atoms with Gasteiger partial charge in [-0.2, -0.15) is 0 Å². The van der Waals surface area contributed by atoms with Crippen molar-refractivity contribution in [3.8, 4) is 5.75 Å². The average molecular weight is 326 g/mol. The first-order valence-electron chi connectivity index (χ1n) is 7.83. The first-order chi connectivity index (χ1) is 11.6. The third kappa shape index (κ3) is 5.12. The van der Waals surface area contributed by atoms with Gasteiger partial charge in [0, 0.05) is 12.1 Å². The summed E-state index contributed by atoms with van der Waals surface area (Å²) < 4.78 is 5.23. The van der Waals surface area contributed by atoms with Crippen molar-refractivity contribution in [2.45, 2.75) is 25.9 Å². The van der Waals surface area contributed by atoms with Crippen molar-refractivity contribution in [2.75, 3.05) is 7.11 Å². The molecule has 2 N–H and O–H groups in total. The molecule has 0 saturated carbocycles. The van der Waals surface area contributed by atoms with E-state index in [0.29, 0.717) is 12.3 Å². The van der Waals surface area contributed by atoms with E-state index < -0.39 is 0 Å². The van der Waals surface area contributed by atoms with Gasteiger partial charge in [-0.3, -0.25) is 9.59 Å². The number of carbonyl (C=O) groups is 2. The van der Waals surface area contributed by atoms with E-state index in [1.165, 1.54) is 0 Å². The first kappa shape index (κ1) is 17.5. The second kappa shape index (κ2) is 8.72. The molecular formula is C19H22N2O3. The Labute approximate surface area is 142 Å². The monoisotopic (exact) mass is 326 g/mol. The van der Waals surface area contributed by atoms with E-state index in [9.17, 15) is 9.59 Å². The minimum Gasteiger partial charge on any atom is -0.496 e. The van der Waals surface area contributed by atoms with Crippen LogP contribution in [0.15, 0.2) is 54.6 Å². The third-order valence-electron chi connectivity index (χ3n) is 3.67.